The number of carbonyl (C=O) groups is 3. The van der Waals surface area contributed by atoms with Crippen molar-refractivity contribution < 1.29 is 28.6 Å². The molecule has 0 spiro atoms. The third-order valence-electron chi connectivity index (χ3n) is 15.3. The Balaban J connectivity index is 3.95. The second-order valence-corrected chi connectivity index (χ2v) is 23.4. The van der Waals surface area contributed by atoms with E-state index in [1.807, 2.05) is 0 Å². The second-order valence-electron chi connectivity index (χ2n) is 23.4. The highest BCUT2D eigenvalue weighted by Crippen LogP contribution is 2.18. The Morgan fingerprint density at radius 3 is 0.735 bits per heavy atom. The van der Waals surface area contributed by atoms with Gasteiger partial charge in [-0.3, -0.25) is 14.4 Å². The van der Waals surface area contributed by atoms with Gasteiger partial charge in [0, 0.05) is 19.3 Å². The van der Waals surface area contributed by atoms with Crippen LogP contribution in [0.5, 0.6) is 0 Å². The van der Waals surface area contributed by atoms with Crippen molar-refractivity contribution in [3.05, 3.63) is 109 Å². The second kappa shape index (κ2) is 70.6. The summed E-state index contributed by atoms with van der Waals surface area (Å²) in [4.78, 5) is 38.0. The first-order valence-corrected chi connectivity index (χ1v) is 35.4. The average molecular weight is 1150 g/mol. The molecule has 0 fully saturated rings. The minimum absolute atomic E-state index is 0.0743. The van der Waals surface area contributed by atoms with E-state index in [1.54, 1.807) is 0 Å². The smallest absolute Gasteiger partial charge is 0.306 e. The first kappa shape index (κ1) is 79.1. The van der Waals surface area contributed by atoms with Gasteiger partial charge in [-0.2, -0.15) is 0 Å². The largest absolute Gasteiger partial charge is 0.462 e. The first-order chi connectivity index (χ1) is 41.0. The maximum absolute atomic E-state index is 12.9. The Morgan fingerprint density at radius 2 is 0.470 bits per heavy atom. The number of hydrogen-bond acceptors (Lipinski definition) is 6. The topological polar surface area (TPSA) is 78.9 Å². The fourth-order valence-electron chi connectivity index (χ4n) is 10.1. The van der Waals surface area contributed by atoms with Gasteiger partial charge in [0.1, 0.15) is 13.2 Å². The summed E-state index contributed by atoms with van der Waals surface area (Å²) in [5.74, 6) is -0.875. The van der Waals surface area contributed by atoms with E-state index in [2.05, 4.69) is 130 Å². The van der Waals surface area contributed by atoms with Gasteiger partial charge in [-0.05, 0) is 103 Å². The molecule has 0 aromatic carbocycles. The number of ether oxygens (including phenoxy) is 3. The summed E-state index contributed by atoms with van der Waals surface area (Å²) >= 11 is 0. The van der Waals surface area contributed by atoms with E-state index < -0.39 is 6.10 Å². The van der Waals surface area contributed by atoms with Crippen molar-refractivity contribution >= 4 is 17.9 Å². The zero-order valence-electron chi connectivity index (χ0n) is 54.7. The van der Waals surface area contributed by atoms with Crippen molar-refractivity contribution in [2.75, 3.05) is 13.2 Å². The molecule has 6 heteroatoms. The van der Waals surface area contributed by atoms with E-state index in [9.17, 15) is 14.4 Å². The number of hydrogen-bond donors (Lipinski definition) is 0. The average Bonchev–Trinajstić information content (AvgIpc) is 3.49. The maximum atomic E-state index is 12.9. The molecule has 0 saturated heterocycles. The summed E-state index contributed by atoms with van der Waals surface area (Å²) in [5, 5.41) is 0. The SMILES string of the molecule is CC/C=C\C/C=C\C/C=C\C/C=C\C/C=C\CCCCCCCCCCCCCCCCCCCC(=O)OCC(COC(=O)CCCCCCC)OC(=O)CCCCCCCCCCCCCCCC/C=C\C/C=C\C/C=C\C/C=C\CC. The van der Waals surface area contributed by atoms with Crippen molar-refractivity contribution in [1.82, 2.24) is 0 Å². The molecule has 0 aromatic heterocycles. The molecule has 0 aliphatic carbocycles. The third-order valence-corrected chi connectivity index (χ3v) is 15.3. The van der Waals surface area contributed by atoms with Crippen LogP contribution in [0, 0.1) is 0 Å². The van der Waals surface area contributed by atoms with Crippen molar-refractivity contribution in [3.63, 3.8) is 0 Å². The van der Waals surface area contributed by atoms with Crippen molar-refractivity contribution in [1.29, 1.82) is 0 Å². The van der Waals surface area contributed by atoms with Crippen LogP contribution < -0.4 is 0 Å². The highest BCUT2D eigenvalue weighted by molar-refractivity contribution is 5.71. The monoisotopic (exact) mass is 1150 g/mol. The molecular formula is C77H132O6. The first-order valence-electron chi connectivity index (χ1n) is 35.4. The predicted molar refractivity (Wildman–Crippen MR) is 362 cm³/mol. The number of carbonyl (C=O) groups excluding carboxylic acids is 3. The lowest BCUT2D eigenvalue weighted by Crippen LogP contribution is -2.30. The van der Waals surface area contributed by atoms with Gasteiger partial charge in [0.25, 0.3) is 0 Å². The van der Waals surface area contributed by atoms with Crippen LogP contribution >= 0.6 is 0 Å². The zero-order valence-corrected chi connectivity index (χ0v) is 54.7. The molecule has 1 atom stereocenters. The molecule has 0 aromatic rings. The minimum atomic E-state index is -0.774. The molecule has 0 N–H and O–H groups in total. The minimum Gasteiger partial charge on any atom is -0.462 e. The van der Waals surface area contributed by atoms with Crippen LogP contribution in [0.2, 0.25) is 0 Å². The van der Waals surface area contributed by atoms with Crippen LogP contribution in [-0.2, 0) is 28.6 Å². The molecule has 0 saturated carbocycles. The highest BCUT2D eigenvalue weighted by Gasteiger charge is 2.19. The summed E-state index contributed by atoms with van der Waals surface area (Å²) < 4.78 is 16.8. The van der Waals surface area contributed by atoms with Gasteiger partial charge < -0.3 is 14.2 Å². The Bertz CT molecular complexity index is 1660. The van der Waals surface area contributed by atoms with Gasteiger partial charge in [0.2, 0.25) is 0 Å². The highest BCUT2D eigenvalue weighted by atomic mass is 16.6. The quantitative estimate of drug-likeness (QED) is 0.0261. The van der Waals surface area contributed by atoms with E-state index in [0.717, 1.165) is 122 Å². The Kier molecular flexibility index (Phi) is 67.2. The molecular weight excluding hydrogens is 1020 g/mol. The number of unbranched alkanes of at least 4 members (excludes halogenated alkanes) is 35. The molecule has 6 nitrogen and oxygen atoms in total. The predicted octanol–water partition coefficient (Wildman–Crippen LogP) is 24.6. The molecule has 0 rings (SSSR count). The number of esters is 3. The summed E-state index contributed by atoms with van der Waals surface area (Å²) in [5.41, 5.74) is 0. The zero-order chi connectivity index (χ0) is 59.9. The summed E-state index contributed by atoms with van der Waals surface area (Å²) in [7, 11) is 0. The van der Waals surface area contributed by atoms with E-state index >= 15 is 0 Å². The van der Waals surface area contributed by atoms with Crippen LogP contribution in [0.1, 0.15) is 342 Å². The van der Waals surface area contributed by atoms with E-state index in [-0.39, 0.29) is 31.1 Å². The molecule has 83 heavy (non-hydrogen) atoms. The molecule has 0 radical (unpaired) electrons. The van der Waals surface area contributed by atoms with Crippen molar-refractivity contribution in [3.8, 4) is 0 Å². The van der Waals surface area contributed by atoms with E-state index in [0.29, 0.717) is 19.3 Å². The lowest BCUT2D eigenvalue weighted by molar-refractivity contribution is -0.167. The fourth-order valence-corrected chi connectivity index (χ4v) is 10.1. The Labute approximate surface area is 514 Å². The van der Waals surface area contributed by atoms with Crippen molar-refractivity contribution in [2.45, 2.75) is 348 Å². The van der Waals surface area contributed by atoms with Crippen LogP contribution in [0.25, 0.3) is 0 Å². The molecule has 0 aliphatic heterocycles. The third kappa shape index (κ3) is 68.7. The molecule has 0 bridgehead atoms. The fraction of sp³-hybridized carbons (Fsp3) is 0.727. The molecule has 0 amide bonds. The number of allylic oxidation sites excluding steroid dienone is 18. The molecule has 0 heterocycles. The van der Waals surface area contributed by atoms with Gasteiger partial charge in [0.15, 0.2) is 6.10 Å². The number of rotatable bonds is 64. The van der Waals surface area contributed by atoms with Gasteiger partial charge >= 0.3 is 17.9 Å². The Hall–Kier alpha value is -3.93. The van der Waals surface area contributed by atoms with Crippen molar-refractivity contribution in [2.24, 2.45) is 0 Å². The van der Waals surface area contributed by atoms with Crippen LogP contribution in [-0.4, -0.2) is 37.2 Å². The lowest BCUT2D eigenvalue weighted by Gasteiger charge is -2.18. The van der Waals surface area contributed by atoms with Crippen LogP contribution in [0.15, 0.2) is 109 Å². The molecule has 476 valence electrons. The van der Waals surface area contributed by atoms with Crippen LogP contribution in [0.3, 0.4) is 0 Å². The summed E-state index contributed by atoms with van der Waals surface area (Å²) in [6.45, 7) is 6.37. The molecule has 0 aliphatic rings. The normalized spacial score (nSPS) is 12.8. The summed E-state index contributed by atoms with van der Waals surface area (Å²) in [6.07, 6.45) is 97.5. The van der Waals surface area contributed by atoms with E-state index in [1.165, 1.54) is 180 Å². The summed E-state index contributed by atoms with van der Waals surface area (Å²) in [6, 6.07) is 0. The van der Waals surface area contributed by atoms with Gasteiger partial charge in [-0.15, -0.1) is 0 Å². The standard InChI is InChI=1S/C77H132O6/c1-4-7-10-13-15-17-19-21-23-25-27-29-31-33-35-36-37-38-39-40-42-43-45-47-49-51-53-55-57-59-61-64-67-70-76(79)82-73-74(72-81-75(78)69-66-63-12-9-6-3)83-77(80)71-68-65-62-60-58-56-54-52-50-48-46-44-41-34-32-30-28-26-24-22-20-18-16-14-11-8-5-2/h7-8,10-11,15-18,21-24,27-30,33,35,74H,4-6,9,12-14,19-20,25-26,31-32,34,36-73H2,1-3H3/b10-7-,11-8-,17-15-,18-16-,23-21-,24-22-,29-27-,30-28-,35-33-. The van der Waals surface area contributed by atoms with Gasteiger partial charge in [-0.1, -0.05) is 329 Å². The van der Waals surface area contributed by atoms with Crippen LogP contribution in [0.4, 0.5) is 0 Å². The van der Waals surface area contributed by atoms with E-state index in [4.69, 9.17) is 14.2 Å². The molecule has 1 unspecified atom stereocenters. The Morgan fingerprint density at radius 1 is 0.253 bits per heavy atom. The van der Waals surface area contributed by atoms with Gasteiger partial charge in [-0.25, -0.2) is 0 Å². The maximum Gasteiger partial charge on any atom is 0.306 e. The lowest BCUT2D eigenvalue weighted by atomic mass is 10.0. The van der Waals surface area contributed by atoms with Gasteiger partial charge in [0.05, 0.1) is 0 Å².